The van der Waals surface area contributed by atoms with Gasteiger partial charge in [-0.25, -0.2) is 4.68 Å². The highest BCUT2D eigenvalue weighted by atomic mass is 79.9. The monoisotopic (exact) mass is 402 g/mol. The Bertz CT molecular complexity index is 1030. The lowest BCUT2D eigenvalue weighted by Crippen LogP contribution is -2.24. The van der Waals surface area contributed by atoms with Gasteiger partial charge in [0.1, 0.15) is 5.69 Å². The van der Waals surface area contributed by atoms with Crippen LogP contribution in [0.5, 0.6) is 0 Å². The van der Waals surface area contributed by atoms with E-state index in [1.54, 1.807) is 27.4 Å². The maximum Gasteiger partial charge on any atom is 0.275 e. The molecule has 0 aliphatic heterocycles. The van der Waals surface area contributed by atoms with Crippen molar-refractivity contribution >= 4 is 49.4 Å². The van der Waals surface area contributed by atoms with Gasteiger partial charge in [0, 0.05) is 10.3 Å². The third-order valence-corrected chi connectivity index (χ3v) is 6.04. The fourth-order valence-electron chi connectivity index (χ4n) is 2.52. The van der Waals surface area contributed by atoms with E-state index >= 15 is 0 Å². The Labute approximate surface area is 149 Å². The van der Waals surface area contributed by atoms with E-state index in [0.717, 1.165) is 24.6 Å². The Hall–Kier alpha value is -1.76. The van der Waals surface area contributed by atoms with Crippen molar-refractivity contribution in [3.63, 3.8) is 0 Å². The van der Waals surface area contributed by atoms with Gasteiger partial charge in [-0.2, -0.15) is 5.10 Å². The number of benzene rings is 1. The standard InChI is InChI=1S/C17H11BrN2OS2/c18-15-8-7-11(23-15)10-20-17(21)13-5-2-1-4-12(13)16(19-20)14-6-3-9-22-14/h1-9H,10H2. The zero-order valence-corrected chi connectivity index (χ0v) is 15.1. The number of thiophene rings is 2. The molecule has 0 amide bonds. The molecular weight excluding hydrogens is 392 g/mol. The molecule has 0 radical (unpaired) electrons. The molecule has 3 nitrogen and oxygen atoms in total. The first kappa shape index (κ1) is 14.8. The summed E-state index contributed by atoms with van der Waals surface area (Å²) in [6, 6.07) is 15.7. The van der Waals surface area contributed by atoms with Gasteiger partial charge >= 0.3 is 0 Å². The van der Waals surface area contributed by atoms with Crippen LogP contribution in [0.3, 0.4) is 0 Å². The topological polar surface area (TPSA) is 34.9 Å². The maximum absolute atomic E-state index is 12.8. The van der Waals surface area contributed by atoms with Crippen LogP contribution in [0.15, 0.2) is 62.5 Å². The molecule has 0 N–H and O–H groups in total. The molecule has 0 atom stereocenters. The summed E-state index contributed by atoms with van der Waals surface area (Å²) in [6.07, 6.45) is 0. The Morgan fingerprint density at radius 2 is 1.87 bits per heavy atom. The van der Waals surface area contributed by atoms with Crippen molar-refractivity contribution in [2.45, 2.75) is 6.54 Å². The van der Waals surface area contributed by atoms with E-state index in [1.165, 1.54) is 0 Å². The molecule has 4 rings (SSSR count). The second-order valence-corrected chi connectivity index (χ2v) is 8.54. The molecule has 114 valence electrons. The van der Waals surface area contributed by atoms with Gasteiger partial charge in [0.05, 0.1) is 20.6 Å². The van der Waals surface area contributed by atoms with E-state index in [2.05, 4.69) is 21.0 Å². The molecule has 23 heavy (non-hydrogen) atoms. The van der Waals surface area contributed by atoms with Gasteiger partial charge in [-0.05, 0) is 45.6 Å². The highest BCUT2D eigenvalue weighted by Crippen LogP contribution is 2.29. The van der Waals surface area contributed by atoms with Crippen LogP contribution in [0, 0.1) is 0 Å². The van der Waals surface area contributed by atoms with Crippen molar-refractivity contribution in [1.82, 2.24) is 9.78 Å². The summed E-state index contributed by atoms with van der Waals surface area (Å²) in [5.41, 5.74) is 0.816. The summed E-state index contributed by atoms with van der Waals surface area (Å²) in [5.74, 6) is 0. The van der Waals surface area contributed by atoms with Crippen LogP contribution in [0.25, 0.3) is 21.3 Å². The van der Waals surface area contributed by atoms with Gasteiger partial charge in [0.25, 0.3) is 5.56 Å². The predicted octanol–water partition coefficient (Wildman–Crippen LogP) is 5.00. The van der Waals surface area contributed by atoms with Crippen LogP contribution in [0.4, 0.5) is 0 Å². The van der Waals surface area contributed by atoms with Crippen molar-refractivity contribution in [2.24, 2.45) is 0 Å². The van der Waals surface area contributed by atoms with Crippen molar-refractivity contribution in [2.75, 3.05) is 0 Å². The van der Waals surface area contributed by atoms with E-state index in [1.807, 2.05) is 53.9 Å². The molecule has 0 bridgehead atoms. The summed E-state index contributed by atoms with van der Waals surface area (Å²) in [4.78, 5) is 14.9. The van der Waals surface area contributed by atoms with Crippen LogP contribution in [-0.4, -0.2) is 9.78 Å². The van der Waals surface area contributed by atoms with Crippen LogP contribution in [-0.2, 0) is 6.54 Å². The Morgan fingerprint density at radius 3 is 2.57 bits per heavy atom. The van der Waals surface area contributed by atoms with Crippen LogP contribution < -0.4 is 5.56 Å². The van der Waals surface area contributed by atoms with Crippen LogP contribution in [0.1, 0.15) is 4.88 Å². The summed E-state index contributed by atoms with van der Waals surface area (Å²) in [5, 5.41) is 8.29. The molecule has 3 heterocycles. The Morgan fingerprint density at radius 1 is 1.04 bits per heavy atom. The summed E-state index contributed by atoms with van der Waals surface area (Å²) in [6.45, 7) is 0.484. The quantitative estimate of drug-likeness (QED) is 0.483. The number of aromatic nitrogens is 2. The molecule has 0 saturated heterocycles. The molecular formula is C17H11BrN2OS2. The number of hydrogen-bond acceptors (Lipinski definition) is 4. The molecule has 0 fully saturated rings. The summed E-state index contributed by atoms with van der Waals surface area (Å²) >= 11 is 6.71. The van der Waals surface area contributed by atoms with Gasteiger partial charge in [-0.15, -0.1) is 22.7 Å². The zero-order chi connectivity index (χ0) is 15.8. The lowest BCUT2D eigenvalue weighted by Gasteiger charge is -2.09. The molecule has 0 aliphatic carbocycles. The normalized spacial score (nSPS) is 11.2. The number of halogens is 1. The minimum absolute atomic E-state index is 0.0505. The second-order valence-electron chi connectivity index (χ2n) is 5.04. The third kappa shape index (κ3) is 2.78. The van der Waals surface area contributed by atoms with E-state index in [9.17, 15) is 4.79 Å². The molecule has 0 spiro atoms. The van der Waals surface area contributed by atoms with E-state index in [0.29, 0.717) is 11.9 Å². The van der Waals surface area contributed by atoms with Crippen molar-refractivity contribution in [3.8, 4) is 10.6 Å². The molecule has 3 aromatic heterocycles. The van der Waals surface area contributed by atoms with Gasteiger partial charge in [-0.3, -0.25) is 4.79 Å². The minimum Gasteiger partial charge on any atom is -0.267 e. The van der Waals surface area contributed by atoms with Crippen molar-refractivity contribution in [1.29, 1.82) is 0 Å². The molecule has 4 aromatic rings. The highest BCUT2D eigenvalue weighted by molar-refractivity contribution is 9.11. The number of fused-ring (bicyclic) bond motifs is 1. The lowest BCUT2D eigenvalue weighted by molar-refractivity contribution is 0.658. The smallest absolute Gasteiger partial charge is 0.267 e. The van der Waals surface area contributed by atoms with E-state index < -0.39 is 0 Å². The third-order valence-electron chi connectivity index (χ3n) is 3.56. The number of rotatable bonds is 3. The summed E-state index contributed by atoms with van der Waals surface area (Å²) < 4.78 is 2.62. The average Bonchev–Trinajstić information content (AvgIpc) is 3.22. The summed E-state index contributed by atoms with van der Waals surface area (Å²) in [7, 11) is 0. The van der Waals surface area contributed by atoms with Gasteiger partial charge in [-0.1, -0.05) is 24.3 Å². The number of hydrogen-bond donors (Lipinski definition) is 0. The van der Waals surface area contributed by atoms with Gasteiger partial charge in [0.15, 0.2) is 0 Å². The molecule has 1 aromatic carbocycles. The first-order chi connectivity index (χ1) is 11.2. The predicted molar refractivity (Wildman–Crippen MR) is 100 cm³/mol. The largest absolute Gasteiger partial charge is 0.275 e. The van der Waals surface area contributed by atoms with Gasteiger partial charge in [0.2, 0.25) is 0 Å². The highest BCUT2D eigenvalue weighted by Gasteiger charge is 2.13. The Kier molecular flexibility index (Phi) is 3.88. The zero-order valence-electron chi connectivity index (χ0n) is 11.9. The minimum atomic E-state index is -0.0505. The number of nitrogens with zero attached hydrogens (tertiary/aromatic N) is 2. The van der Waals surface area contributed by atoms with Crippen molar-refractivity contribution in [3.05, 3.63) is 72.9 Å². The van der Waals surface area contributed by atoms with E-state index in [4.69, 9.17) is 0 Å². The van der Waals surface area contributed by atoms with Gasteiger partial charge < -0.3 is 0 Å². The van der Waals surface area contributed by atoms with Crippen LogP contribution in [0.2, 0.25) is 0 Å². The first-order valence-corrected chi connectivity index (χ1v) is 9.49. The molecule has 0 unspecified atom stereocenters. The fourth-order valence-corrected chi connectivity index (χ4v) is 4.71. The molecule has 0 aliphatic rings. The second kappa shape index (κ2) is 6.03. The lowest BCUT2D eigenvalue weighted by atomic mass is 10.1. The van der Waals surface area contributed by atoms with E-state index in [-0.39, 0.29) is 5.56 Å². The Balaban J connectivity index is 1.94. The van der Waals surface area contributed by atoms with Crippen LogP contribution >= 0.6 is 38.6 Å². The maximum atomic E-state index is 12.8. The average molecular weight is 403 g/mol. The fraction of sp³-hybridized carbons (Fsp3) is 0.0588. The van der Waals surface area contributed by atoms with Crippen molar-refractivity contribution < 1.29 is 0 Å². The SMILES string of the molecule is O=c1c2ccccc2c(-c2cccs2)nn1Cc1ccc(Br)s1. The molecule has 6 heteroatoms. The molecule has 0 saturated carbocycles. The first-order valence-electron chi connectivity index (χ1n) is 7.00.